The van der Waals surface area contributed by atoms with Crippen LogP contribution in [0.1, 0.15) is 52.4 Å². The first-order valence-electron chi connectivity index (χ1n) is 7.11. The van der Waals surface area contributed by atoms with E-state index in [1.165, 1.54) is 38.5 Å². The van der Waals surface area contributed by atoms with Crippen LogP contribution in [0.15, 0.2) is 0 Å². The van der Waals surface area contributed by atoms with Gasteiger partial charge in [-0.2, -0.15) is 0 Å². The lowest BCUT2D eigenvalue weighted by Crippen LogP contribution is -2.32. The zero-order valence-corrected chi connectivity index (χ0v) is 12.0. The minimum atomic E-state index is 0.414. The summed E-state index contributed by atoms with van der Waals surface area (Å²) in [5.74, 6) is 0. The maximum Gasteiger partial charge on any atom is 0.0613 e. The Morgan fingerprint density at radius 2 is 1.71 bits per heavy atom. The molecule has 3 nitrogen and oxygen atoms in total. The van der Waals surface area contributed by atoms with Gasteiger partial charge in [0, 0.05) is 26.3 Å². The van der Waals surface area contributed by atoms with E-state index in [1.807, 2.05) is 0 Å². The smallest absolute Gasteiger partial charge is 0.0613 e. The van der Waals surface area contributed by atoms with Crippen molar-refractivity contribution in [1.29, 1.82) is 0 Å². The van der Waals surface area contributed by atoms with Crippen LogP contribution in [0.2, 0.25) is 0 Å². The maximum absolute atomic E-state index is 5.57. The van der Waals surface area contributed by atoms with E-state index in [1.54, 1.807) is 7.11 Å². The van der Waals surface area contributed by atoms with Crippen molar-refractivity contribution in [3.63, 3.8) is 0 Å². The second-order valence-electron chi connectivity index (χ2n) is 4.69. The highest BCUT2D eigenvalue weighted by atomic mass is 16.5. The molecule has 1 N–H and O–H groups in total. The zero-order chi connectivity index (χ0) is 12.8. The van der Waals surface area contributed by atoms with Crippen LogP contribution in [-0.4, -0.2) is 39.5 Å². The molecular weight excluding hydrogens is 214 g/mol. The molecule has 0 aliphatic carbocycles. The maximum atomic E-state index is 5.57. The molecular formula is C14H31NO2. The molecule has 0 saturated heterocycles. The minimum absolute atomic E-state index is 0.414. The Bertz CT molecular complexity index is 142. The highest BCUT2D eigenvalue weighted by Gasteiger charge is 1.98. The molecule has 0 fully saturated rings. The third kappa shape index (κ3) is 13.8. The lowest BCUT2D eigenvalue weighted by molar-refractivity contribution is 0.122. The first kappa shape index (κ1) is 16.9. The molecule has 0 aromatic heterocycles. The van der Waals surface area contributed by atoms with Crippen LogP contribution in [0.4, 0.5) is 0 Å². The van der Waals surface area contributed by atoms with Crippen LogP contribution in [0, 0.1) is 0 Å². The van der Waals surface area contributed by atoms with Crippen molar-refractivity contribution in [1.82, 2.24) is 5.32 Å². The van der Waals surface area contributed by atoms with Crippen molar-refractivity contribution in [2.45, 2.75) is 58.4 Å². The zero-order valence-electron chi connectivity index (χ0n) is 12.0. The van der Waals surface area contributed by atoms with Crippen LogP contribution in [0.3, 0.4) is 0 Å². The summed E-state index contributed by atoms with van der Waals surface area (Å²) in [7, 11) is 1.73. The van der Waals surface area contributed by atoms with Crippen molar-refractivity contribution in [3.8, 4) is 0 Å². The van der Waals surface area contributed by atoms with E-state index in [9.17, 15) is 0 Å². The average molecular weight is 245 g/mol. The van der Waals surface area contributed by atoms with Crippen molar-refractivity contribution >= 4 is 0 Å². The Morgan fingerprint density at radius 1 is 1.00 bits per heavy atom. The Labute approximate surface area is 107 Å². The van der Waals surface area contributed by atoms with Crippen molar-refractivity contribution in [2.24, 2.45) is 0 Å². The molecule has 3 heteroatoms. The van der Waals surface area contributed by atoms with Crippen LogP contribution in [0.25, 0.3) is 0 Å². The molecule has 1 unspecified atom stereocenters. The van der Waals surface area contributed by atoms with Gasteiger partial charge in [-0.1, -0.05) is 39.0 Å². The van der Waals surface area contributed by atoms with Gasteiger partial charge < -0.3 is 14.8 Å². The predicted octanol–water partition coefficient (Wildman–Crippen LogP) is 2.99. The molecule has 104 valence electrons. The van der Waals surface area contributed by atoms with Gasteiger partial charge in [0.05, 0.1) is 13.2 Å². The summed E-state index contributed by atoms with van der Waals surface area (Å²) in [6.45, 7) is 7.77. The summed E-state index contributed by atoms with van der Waals surface area (Å²) in [6, 6.07) is 0.414. The van der Waals surface area contributed by atoms with Gasteiger partial charge in [0.2, 0.25) is 0 Å². The van der Waals surface area contributed by atoms with Crippen LogP contribution in [-0.2, 0) is 9.47 Å². The minimum Gasteiger partial charge on any atom is -0.383 e. The Kier molecular flexibility index (Phi) is 13.8. The Hall–Kier alpha value is -0.120. The highest BCUT2D eigenvalue weighted by molar-refractivity contribution is 4.57. The molecule has 0 aliphatic heterocycles. The number of methoxy groups -OCH3 is 1. The number of unbranched alkanes of at least 4 members (excludes halogenated alkanes) is 5. The fraction of sp³-hybridized carbons (Fsp3) is 1.00. The van der Waals surface area contributed by atoms with Crippen molar-refractivity contribution < 1.29 is 9.47 Å². The van der Waals surface area contributed by atoms with Crippen LogP contribution in [0.5, 0.6) is 0 Å². The molecule has 0 saturated carbocycles. The monoisotopic (exact) mass is 245 g/mol. The van der Waals surface area contributed by atoms with E-state index in [2.05, 4.69) is 19.2 Å². The molecule has 0 aliphatic rings. The predicted molar refractivity (Wildman–Crippen MR) is 73.5 cm³/mol. The summed E-state index contributed by atoms with van der Waals surface area (Å²) in [5.41, 5.74) is 0. The topological polar surface area (TPSA) is 30.5 Å². The highest BCUT2D eigenvalue weighted by Crippen LogP contribution is 2.04. The largest absolute Gasteiger partial charge is 0.383 e. The fourth-order valence-electron chi connectivity index (χ4n) is 1.77. The normalized spacial score (nSPS) is 12.9. The van der Waals surface area contributed by atoms with E-state index < -0.39 is 0 Å². The molecule has 0 bridgehead atoms. The molecule has 0 spiro atoms. The van der Waals surface area contributed by atoms with Gasteiger partial charge in [0.1, 0.15) is 0 Å². The van der Waals surface area contributed by atoms with Gasteiger partial charge in [-0.25, -0.2) is 0 Å². The van der Waals surface area contributed by atoms with Crippen LogP contribution >= 0.6 is 0 Å². The van der Waals surface area contributed by atoms with Gasteiger partial charge in [-0.15, -0.1) is 0 Å². The fourth-order valence-corrected chi connectivity index (χ4v) is 1.77. The number of nitrogens with one attached hydrogen (secondary N) is 1. The number of hydrogen-bond acceptors (Lipinski definition) is 3. The molecule has 0 aromatic carbocycles. The quantitative estimate of drug-likeness (QED) is 0.506. The standard InChI is InChI=1S/C14H31NO2/c1-4-5-6-7-8-9-11-17-12-10-15-14(2)13-16-3/h14-15H,4-13H2,1-3H3. The van der Waals surface area contributed by atoms with E-state index in [4.69, 9.17) is 9.47 Å². The van der Waals surface area contributed by atoms with Gasteiger partial charge in [0.15, 0.2) is 0 Å². The lowest BCUT2D eigenvalue weighted by atomic mass is 10.1. The van der Waals surface area contributed by atoms with Crippen LogP contribution < -0.4 is 5.32 Å². The summed E-state index contributed by atoms with van der Waals surface area (Å²) in [6.07, 6.45) is 7.96. The second-order valence-corrected chi connectivity index (χ2v) is 4.69. The molecule has 0 rings (SSSR count). The molecule has 0 amide bonds. The van der Waals surface area contributed by atoms with E-state index in [0.29, 0.717) is 6.04 Å². The number of rotatable bonds is 13. The lowest BCUT2D eigenvalue weighted by Gasteiger charge is -2.12. The molecule has 0 aromatic rings. The first-order valence-corrected chi connectivity index (χ1v) is 7.11. The summed E-state index contributed by atoms with van der Waals surface area (Å²) < 4.78 is 10.6. The Balaban J connectivity index is 2.98. The second kappa shape index (κ2) is 13.9. The summed E-state index contributed by atoms with van der Waals surface area (Å²) in [4.78, 5) is 0. The summed E-state index contributed by atoms with van der Waals surface area (Å²) >= 11 is 0. The number of ether oxygens (including phenoxy) is 2. The van der Waals surface area contributed by atoms with Crippen molar-refractivity contribution in [3.05, 3.63) is 0 Å². The summed E-state index contributed by atoms with van der Waals surface area (Å²) in [5, 5.41) is 3.35. The number of hydrogen-bond donors (Lipinski definition) is 1. The Morgan fingerprint density at radius 3 is 2.41 bits per heavy atom. The average Bonchev–Trinajstić information content (AvgIpc) is 2.32. The third-order valence-corrected chi connectivity index (χ3v) is 2.80. The molecule has 1 atom stereocenters. The molecule has 17 heavy (non-hydrogen) atoms. The first-order chi connectivity index (χ1) is 8.31. The van der Waals surface area contributed by atoms with Gasteiger partial charge in [-0.05, 0) is 13.3 Å². The van der Waals surface area contributed by atoms with Crippen molar-refractivity contribution in [2.75, 3.05) is 33.5 Å². The van der Waals surface area contributed by atoms with Gasteiger partial charge in [-0.3, -0.25) is 0 Å². The van der Waals surface area contributed by atoms with Gasteiger partial charge >= 0.3 is 0 Å². The van der Waals surface area contributed by atoms with E-state index in [0.717, 1.165) is 26.4 Å². The molecule has 0 heterocycles. The molecule has 0 radical (unpaired) electrons. The van der Waals surface area contributed by atoms with E-state index >= 15 is 0 Å². The SMILES string of the molecule is CCCCCCCCOCCNC(C)COC. The van der Waals surface area contributed by atoms with Gasteiger partial charge in [0.25, 0.3) is 0 Å². The van der Waals surface area contributed by atoms with E-state index in [-0.39, 0.29) is 0 Å². The third-order valence-electron chi connectivity index (χ3n) is 2.80.